The van der Waals surface area contributed by atoms with Crippen molar-refractivity contribution in [1.29, 1.82) is 0 Å². The van der Waals surface area contributed by atoms with E-state index in [1.165, 1.54) is 12.1 Å². The van der Waals surface area contributed by atoms with Crippen LogP contribution in [0.3, 0.4) is 0 Å². The first kappa shape index (κ1) is 17.5. The third-order valence-electron chi connectivity index (χ3n) is 4.00. The Kier molecular flexibility index (Phi) is 5.58. The minimum absolute atomic E-state index is 0.103. The van der Waals surface area contributed by atoms with Gasteiger partial charge in [-0.05, 0) is 49.7 Å². The van der Waals surface area contributed by atoms with E-state index in [9.17, 15) is 9.59 Å². The zero-order valence-corrected chi connectivity index (χ0v) is 14.0. The molecule has 0 aliphatic heterocycles. The smallest absolute Gasteiger partial charge is 0.335 e. The molecule has 0 fully saturated rings. The first-order valence-electron chi connectivity index (χ1n) is 7.76. The summed E-state index contributed by atoms with van der Waals surface area (Å²) in [5.74, 6) is -0.514. The van der Waals surface area contributed by atoms with E-state index in [1.54, 1.807) is 24.1 Å². The number of methoxy groups -OCH3 is 1. The first-order chi connectivity index (χ1) is 11.5. The Labute approximate surface area is 141 Å². The molecule has 0 bridgehead atoms. The normalized spacial score (nSPS) is 11.6. The second-order valence-corrected chi connectivity index (χ2v) is 5.43. The number of rotatable bonds is 6. The Bertz CT molecular complexity index is 742. The predicted molar refractivity (Wildman–Crippen MR) is 91.5 cm³/mol. The van der Waals surface area contributed by atoms with Crippen molar-refractivity contribution in [2.45, 2.75) is 19.9 Å². The molecule has 2 aromatic carbocycles. The monoisotopic (exact) mass is 327 g/mol. The standard InChI is InChI=1S/C19H21NO4/c1-4-20(13(2)14-7-6-10-17(12-14)24-3)18(21)15-8-5-9-16(11-15)19(22)23/h5-13H,4H2,1-3H3,(H,22,23). The molecular formula is C19H21NO4. The Hall–Kier alpha value is -2.82. The first-order valence-corrected chi connectivity index (χ1v) is 7.76. The van der Waals surface area contributed by atoms with Gasteiger partial charge in [-0.2, -0.15) is 0 Å². The number of carbonyl (C=O) groups is 2. The maximum atomic E-state index is 12.8. The fourth-order valence-corrected chi connectivity index (χ4v) is 2.63. The van der Waals surface area contributed by atoms with Gasteiger partial charge in [-0.3, -0.25) is 4.79 Å². The van der Waals surface area contributed by atoms with Crippen LogP contribution < -0.4 is 4.74 Å². The van der Waals surface area contributed by atoms with Crippen molar-refractivity contribution in [3.05, 3.63) is 65.2 Å². The van der Waals surface area contributed by atoms with Gasteiger partial charge < -0.3 is 14.7 Å². The lowest BCUT2D eigenvalue weighted by Gasteiger charge is -2.29. The van der Waals surface area contributed by atoms with Crippen LogP contribution in [-0.2, 0) is 0 Å². The predicted octanol–water partition coefficient (Wildman–Crippen LogP) is 3.62. The van der Waals surface area contributed by atoms with Gasteiger partial charge in [0.2, 0.25) is 0 Å². The summed E-state index contributed by atoms with van der Waals surface area (Å²) in [6.45, 7) is 4.35. The summed E-state index contributed by atoms with van der Waals surface area (Å²) in [5.41, 5.74) is 1.43. The second kappa shape index (κ2) is 7.64. The number of hydrogen-bond donors (Lipinski definition) is 1. The van der Waals surface area contributed by atoms with Crippen molar-refractivity contribution in [2.75, 3.05) is 13.7 Å². The highest BCUT2D eigenvalue weighted by Gasteiger charge is 2.22. The van der Waals surface area contributed by atoms with Crippen LogP contribution in [-0.4, -0.2) is 35.5 Å². The van der Waals surface area contributed by atoms with E-state index in [2.05, 4.69) is 0 Å². The van der Waals surface area contributed by atoms with E-state index in [0.717, 1.165) is 11.3 Å². The number of carboxylic acids is 1. The van der Waals surface area contributed by atoms with Crippen molar-refractivity contribution in [1.82, 2.24) is 4.90 Å². The molecule has 0 spiro atoms. The fourth-order valence-electron chi connectivity index (χ4n) is 2.63. The van der Waals surface area contributed by atoms with Crippen molar-refractivity contribution in [2.24, 2.45) is 0 Å². The second-order valence-electron chi connectivity index (χ2n) is 5.43. The van der Waals surface area contributed by atoms with Crippen LogP contribution in [0.15, 0.2) is 48.5 Å². The Morgan fingerprint density at radius 1 is 1.12 bits per heavy atom. The number of aromatic carboxylic acids is 1. The average Bonchev–Trinajstić information content (AvgIpc) is 2.62. The van der Waals surface area contributed by atoms with E-state index in [0.29, 0.717) is 12.1 Å². The van der Waals surface area contributed by atoms with E-state index >= 15 is 0 Å². The topological polar surface area (TPSA) is 66.8 Å². The van der Waals surface area contributed by atoms with Gasteiger partial charge in [0.1, 0.15) is 5.75 Å². The molecule has 0 saturated carbocycles. The molecule has 2 aromatic rings. The molecule has 0 radical (unpaired) electrons. The number of nitrogens with zero attached hydrogens (tertiary/aromatic N) is 1. The van der Waals surface area contributed by atoms with Crippen molar-refractivity contribution in [3.8, 4) is 5.75 Å². The van der Waals surface area contributed by atoms with Crippen LogP contribution in [0, 0.1) is 0 Å². The number of ether oxygens (including phenoxy) is 1. The molecule has 2 rings (SSSR count). The highest BCUT2D eigenvalue weighted by atomic mass is 16.5. The molecule has 24 heavy (non-hydrogen) atoms. The largest absolute Gasteiger partial charge is 0.497 e. The van der Waals surface area contributed by atoms with Gasteiger partial charge in [0.15, 0.2) is 0 Å². The molecule has 0 aromatic heterocycles. The van der Waals surface area contributed by atoms with Crippen LogP contribution in [0.25, 0.3) is 0 Å². The third-order valence-corrected chi connectivity index (χ3v) is 4.00. The highest BCUT2D eigenvalue weighted by molar-refractivity contribution is 5.97. The molecule has 0 saturated heterocycles. The average molecular weight is 327 g/mol. The molecule has 5 heteroatoms. The Morgan fingerprint density at radius 2 is 1.79 bits per heavy atom. The van der Waals surface area contributed by atoms with Gasteiger partial charge in [-0.25, -0.2) is 4.79 Å². The molecular weight excluding hydrogens is 306 g/mol. The van der Waals surface area contributed by atoms with Crippen LogP contribution in [0.1, 0.15) is 46.2 Å². The molecule has 5 nitrogen and oxygen atoms in total. The Balaban J connectivity index is 2.31. The summed E-state index contributed by atoms with van der Waals surface area (Å²) in [7, 11) is 1.60. The van der Waals surface area contributed by atoms with Gasteiger partial charge in [0.25, 0.3) is 5.91 Å². The number of hydrogen-bond acceptors (Lipinski definition) is 3. The number of benzene rings is 2. The number of carbonyl (C=O) groups excluding carboxylic acids is 1. The maximum absolute atomic E-state index is 12.8. The lowest BCUT2D eigenvalue weighted by Crippen LogP contribution is -2.33. The zero-order valence-electron chi connectivity index (χ0n) is 14.0. The number of amides is 1. The summed E-state index contributed by atoms with van der Waals surface area (Å²) in [4.78, 5) is 25.6. The molecule has 1 N–H and O–H groups in total. The summed E-state index contributed by atoms with van der Waals surface area (Å²) in [5, 5.41) is 9.09. The molecule has 1 amide bonds. The van der Waals surface area contributed by atoms with Gasteiger partial charge in [-0.15, -0.1) is 0 Å². The van der Waals surface area contributed by atoms with E-state index < -0.39 is 5.97 Å². The lowest BCUT2D eigenvalue weighted by atomic mass is 10.0. The maximum Gasteiger partial charge on any atom is 0.335 e. The van der Waals surface area contributed by atoms with E-state index in [4.69, 9.17) is 9.84 Å². The minimum Gasteiger partial charge on any atom is -0.497 e. The van der Waals surface area contributed by atoms with Crippen molar-refractivity contribution >= 4 is 11.9 Å². The minimum atomic E-state index is -1.05. The lowest BCUT2D eigenvalue weighted by molar-refractivity contribution is 0.0697. The molecule has 0 aliphatic rings. The number of carboxylic acid groups (broad SMARTS) is 1. The van der Waals surface area contributed by atoms with Gasteiger partial charge in [-0.1, -0.05) is 18.2 Å². The van der Waals surface area contributed by atoms with Crippen LogP contribution in [0.2, 0.25) is 0 Å². The Morgan fingerprint density at radius 3 is 2.42 bits per heavy atom. The van der Waals surface area contributed by atoms with E-state index in [-0.39, 0.29) is 17.5 Å². The van der Waals surface area contributed by atoms with Crippen LogP contribution >= 0.6 is 0 Å². The van der Waals surface area contributed by atoms with Gasteiger partial charge in [0.05, 0.1) is 18.7 Å². The molecule has 1 unspecified atom stereocenters. The van der Waals surface area contributed by atoms with Crippen molar-refractivity contribution in [3.63, 3.8) is 0 Å². The summed E-state index contributed by atoms with van der Waals surface area (Å²) in [6.07, 6.45) is 0. The van der Waals surface area contributed by atoms with Crippen molar-refractivity contribution < 1.29 is 19.4 Å². The summed E-state index contributed by atoms with van der Waals surface area (Å²) >= 11 is 0. The van der Waals surface area contributed by atoms with E-state index in [1.807, 2.05) is 38.1 Å². The van der Waals surface area contributed by atoms with Gasteiger partial charge >= 0.3 is 5.97 Å². The zero-order chi connectivity index (χ0) is 17.7. The molecule has 0 aliphatic carbocycles. The van der Waals surface area contributed by atoms with Crippen LogP contribution in [0.5, 0.6) is 5.75 Å². The highest BCUT2D eigenvalue weighted by Crippen LogP contribution is 2.25. The fraction of sp³-hybridized carbons (Fsp3) is 0.263. The summed E-state index contributed by atoms with van der Waals surface area (Å²) < 4.78 is 5.24. The summed E-state index contributed by atoms with van der Waals surface area (Å²) in [6, 6.07) is 13.5. The van der Waals surface area contributed by atoms with Crippen LogP contribution in [0.4, 0.5) is 0 Å². The quantitative estimate of drug-likeness (QED) is 0.880. The SMILES string of the molecule is CCN(C(=O)c1cccc(C(=O)O)c1)C(C)c1cccc(OC)c1. The van der Waals surface area contributed by atoms with Gasteiger partial charge in [0, 0.05) is 12.1 Å². The third kappa shape index (κ3) is 3.74. The molecule has 1 atom stereocenters. The molecule has 126 valence electrons. The molecule has 0 heterocycles.